The Balaban J connectivity index is 2.94. The van der Waals surface area contributed by atoms with Crippen LogP contribution < -0.4 is 0 Å². The van der Waals surface area contributed by atoms with Crippen LogP contribution in [0.15, 0.2) is 41.8 Å². The van der Waals surface area contributed by atoms with Gasteiger partial charge in [-0.05, 0) is 32.0 Å². The maximum atomic E-state index is 12.2. The van der Waals surface area contributed by atoms with Crippen molar-refractivity contribution in [1.29, 1.82) is 0 Å². The van der Waals surface area contributed by atoms with E-state index in [0.29, 0.717) is 12.1 Å². The van der Waals surface area contributed by atoms with Crippen molar-refractivity contribution >= 4 is 18.5 Å². The van der Waals surface area contributed by atoms with Crippen molar-refractivity contribution in [3.63, 3.8) is 0 Å². The molecule has 0 saturated heterocycles. The number of carbonyl (C=O) groups is 1. The summed E-state index contributed by atoms with van der Waals surface area (Å²) < 4.78 is 0. The van der Waals surface area contributed by atoms with Gasteiger partial charge in [0.25, 0.3) is 5.91 Å². The molecule has 0 spiro atoms. The number of rotatable bonds is 4. The van der Waals surface area contributed by atoms with Crippen molar-refractivity contribution in [2.24, 2.45) is 0 Å². The van der Waals surface area contributed by atoms with Crippen LogP contribution in [-0.4, -0.2) is 23.4 Å². The van der Waals surface area contributed by atoms with E-state index in [4.69, 9.17) is 0 Å². The van der Waals surface area contributed by atoms with Crippen LogP contribution in [0.4, 0.5) is 0 Å². The number of nitrogens with zero attached hydrogens (tertiary/aromatic N) is 1. The first-order chi connectivity index (χ1) is 7.56. The zero-order chi connectivity index (χ0) is 12.1. The SMILES string of the molecule is C=CCN(C(=O)c1cccc(S)c1)C(C)C. The molecule has 0 saturated carbocycles. The molecule has 0 bridgehead atoms. The minimum atomic E-state index is 0.0193. The summed E-state index contributed by atoms with van der Waals surface area (Å²) >= 11 is 4.23. The first kappa shape index (κ1) is 12.8. The van der Waals surface area contributed by atoms with Crippen molar-refractivity contribution < 1.29 is 4.79 Å². The van der Waals surface area contributed by atoms with Gasteiger partial charge in [0.1, 0.15) is 0 Å². The Labute approximate surface area is 102 Å². The van der Waals surface area contributed by atoms with Gasteiger partial charge in [-0.2, -0.15) is 0 Å². The minimum absolute atomic E-state index is 0.0193. The van der Waals surface area contributed by atoms with Gasteiger partial charge < -0.3 is 4.90 Å². The number of hydrogen-bond acceptors (Lipinski definition) is 2. The number of carbonyl (C=O) groups excluding carboxylic acids is 1. The Morgan fingerprint density at radius 1 is 1.56 bits per heavy atom. The van der Waals surface area contributed by atoms with Crippen molar-refractivity contribution in [3.05, 3.63) is 42.5 Å². The first-order valence-electron chi connectivity index (χ1n) is 5.27. The minimum Gasteiger partial charge on any atom is -0.333 e. The molecule has 0 atom stereocenters. The summed E-state index contributed by atoms with van der Waals surface area (Å²) in [5.74, 6) is 0.0193. The van der Waals surface area contributed by atoms with E-state index in [2.05, 4.69) is 19.2 Å². The number of benzene rings is 1. The standard InChI is InChI=1S/C13H17NOS/c1-4-8-14(10(2)3)13(15)11-6-5-7-12(16)9-11/h4-7,9-10,16H,1,8H2,2-3H3. The van der Waals surface area contributed by atoms with E-state index in [1.807, 2.05) is 26.0 Å². The van der Waals surface area contributed by atoms with Crippen LogP contribution in [0.2, 0.25) is 0 Å². The molecule has 1 aromatic rings. The molecule has 16 heavy (non-hydrogen) atoms. The summed E-state index contributed by atoms with van der Waals surface area (Å²) in [5.41, 5.74) is 0.669. The first-order valence-corrected chi connectivity index (χ1v) is 5.72. The molecule has 1 amide bonds. The third-order valence-electron chi connectivity index (χ3n) is 2.30. The lowest BCUT2D eigenvalue weighted by Gasteiger charge is -2.25. The highest BCUT2D eigenvalue weighted by Gasteiger charge is 2.17. The van der Waals surface area contributed by atoms with E-state index in [1.165, 1.54) is 0 Å². The monoisotopic (exact) mass is 235 g/mol. The van der Waals surface area contributed by atoms with E-state index in [-0.39, 0.29) is 11.9 Å². The van der Waals surface area contributed by atoms with Gasteiger partial charge in [-0.15, -0.1) is 19.2 Å². The van der Waals surface area contributed by atoms with E-state index in [0.717, 1.165) is 4.90 Å². The van der Waals surface area contributed by atoms with Crippen LogP contribution in [0.5, 0.6) is 0 Å². The Morgan fingerprint density at radius 3 is 2.75 bits per heavy atom. The fourth-order valence-corrected chi connectivity index (χ4v) is 1.70. The molecule has 1 aromatic carbocycles. The second kappa shape index (κ2) is 5.75. The quantitative estimate of drug-likeness (QED) is 0.628. The molecule has 0 aliphatic carbocycles. The summed E-state index contributed by atoms with van der Waals surface area (Å²) in [6.45, 7) is 8.21. The van der Waals surface area contributed by atoms with Gasteiger partial charge in [0, 0.05) is 23.0 Å². The molecular weight excluding hydrogens is 218 g/mol. The second-order valence-corrected chi connectivity index (χ2v) is 4.41. The third-order valence-corrected chi connectivity index (χ3v) is 2.58. The molecular formula is C13H17NOS. The predicted octanol–water partition coefficient (Wildman–Crippen LogP) is 3.01. The van der Waals surface area contributed by atoms with Crippen LogP contribution in [0.3, 0.4) is 0 Å². The average molecular weight is 235 g/mol. The Hall–Kier alpha value is -1.22. The van der Waals surface area contributed by atoms with E-state index < -0.39 is 0 Å². The highest BCUT2D eigenvalue weighted by atomic mass is 32.1. The molecule has 1 rings (SSSR count). The van der Waals surface area contributed by atoms with Crippen LogP contribution >= 0.6 is 12.6 Å². The zero-order valence-corrected chi connectivity index (χ0v) is 10.6. The average Bonchev–Trinajstić information content (AvgIpc) is 2.24. The lowest BCUT2D eigenvalue weighted by atomic mass is 10.1. The Kier molecular flexibility index (Phi) is 4.62. The predicted molar refractivity (Wildman–Crippen MR) is 70.1 cm³/mol. The highest BCUT2D eigenvalue weighted by molar-refractivity contribution is 7.80. The van der Waals surface area contributed by atoms with Gasteiger partial charge >= 0.3 is 0 Å². The summed E-state index contributed by atoms with van der Waals surface area (Å²) in [6.07, 6.45) is 1.74. The van der Waals surface area contributed by atoms with Crippen molar-refractivity contribution in [2.75, 3.05) is 6.54 Å². The Bertz CT molecular complexity index is 387. The smallest absolute Gasteiger partial charge is 0.254 e. The largest absolute Gasteiger partial charge is 0.333 e. The van der Waals surface area contributed by atoms with Gasteiger partial charge in [-0.25, -0.2) is 0 Å². The van der Waals surface area contributed by atoms with Crippen LogP contribution in [0, 0.1) is 0 Å². The van der Waals surface area contributed by atoms with E-state index in [9.17, 15) is 4.79 Å². The maximum absolute atomic E-state index is 12.2. The van der Waals surface area contributed by atoms with Gasteiger partial charge in [-0.1, -0.05) is 12.1 Å². The maximum Gasteiger partial charge on any atom is 0.254 e. The molecule has 0 aliphatic heterocycles. The van der Waals surface area contributed by atoms with Gasteiger partial charge in [-0.3, -0.25) is 4.79 Å². The lowest BCUT2D eigenvalue weighted by molar-refractivity contribution is 0.0728. The normalized spacial score (nSPS) is 10.2. The van der Waals surface area contributed by atoms with Gasteiger partial charge in [0.15, 0.2) is 0 Å². The summed E-state index contributed by atoms with van der Waals surface area (Å²) in [6, 6.07) is 7.44. The summed E-state index contributed by atoms with van der Waals surface area (Å²) in [5, 5.41) is 0. The van der Waals surface area contributed by atoms with Gasteiger partial charge in [0.2, 0.25) is 0 Å². The fraction of sp³-hybridized carbons (Fsp3) is 0.308. The van der Waals surface area contributed by atoms with E-state index >= 15 is 0 Å². The molecule has 3 heteroatoms. The molecule has 0 radical (unpaired) electrons. The van der Waals surface area contributed by atoms with Crippen LogP contribution in [0.1, 0.15) is 24.2 Å². The van der Waals surface area contributed by atoms with Crippen molar-refractivity contribution in [1.82, 2.24) is 4.90 Å². The lowest BCUT2D eigenvalue weighted by Crippen LogP contribution is -2.37. The summed E-state index contributed by atoms with van der Waals surface area (Å²) in [7, 11) is 0. The van der Waals surface area contributed by atoms with Crippen LogP contribution in [0.25, 0.3) is 0 Å². The van der Waals surface area contributed by atoms with E-state index in [1.54, 1.807) is 23.1 Å². The third kappa shape index (κ3) is 3.14. The molecule has 0 unspecified atom stereocenters. The zero-order valence-electron chi connectivity index (χ0n) is 9.68. The molecule has 0 aliphatic rings. The van der Waals surface area contributed by atoms with Crippen molar-refractivity contribution in [2.45, 2.75) is 24.8 Å². The highest BCUT2D eigenvalue weighted by Crippen LogP contribution is 2.13. The summed E-state index contributed by atoms with van der Waals surface area (Å²) in [4.78, 5) is 14.7. The second-order valence-electron chi connectivity index (χ2n) is 3.89. The molecule has 86 valence electrons. The molecule has 0 fully saturated rings. The number of hydrogen-bond donors (Lipinski definition) is 1. The number of thiol groups is 1. The van der Waals surface area contributed by atoms with Gasteiger partial charge in [0.05, 0.1) is 0 Å². The van der Waals surface area contributed by atoms with Crippen LogP contribution in [-0.2, 0) is 0 Å². The molecule has 2 nitrogen and oxygen atoms in total. The molecule has 0 heterocycles. The number of amides is 1. The van der Waals surface area contributed by atoms with Crippen molar-refractivity contribution in [3.8, 4) is 0 Å². The molecule has 0 N–H and O–H groups in total. The Morgan fingerprint density at radius 2 is 2.25 bits per heavy atom. The fourth-order valence-electron chi connectivity index (χ4n) is 1.47. The molecule has 0 aromatic heterocycles. The topological polar surface area (TPSA) is 20.3 Å².